The smallest absolute Gasteiger partial charge is 0.264 e. The fraction of sp³-hybridized carbons (Fsp3) is 0.588. The quantitative estimate of drug-likeness (QED) is 0.404. The minimum absolute atomic E-state index is 0.00756. The predicted molar refractivity (Wildman–Crippen MR) is 176 cm³/mol. The molecule has 3 N–H and O–H groups in total. The lowest BCUT2D eigenvalue weighted by Crippen LogP contribution is -2.52. The first kappa shape index (κ1) is 33.5. The number of hydrogen-bond donors (Lipinski definition) is 3. The van der Waals surface area contributed by atoms with Crippen molar-refractivity contribution >= 4 is 39.1 Å². The molecule has 5 rings (SSSR count). The minimum atomic E-state index is -3.98. The predicted octanol–water partition coefficient (Wildman–Crippen LogP) is 5.22. The maximum absolute atomic E-state index is 13.4. The van der Waals surface area contributed by atoms with Gasteiger partial charge in [0.25, 0.3) is 5.91 Å². The van der Waals surface area contributed by atoms with Crippen LogP contribution in [0.1, 0.15) is 86.7 Å². The standard InChI is InChI=1S/C34H46ClN3O6S/c1-22-7-6-15-34(41,19-32(39)36-3)29-13-10-26(29)20-38-16-5-4-8-24-17-28(35)12-9-27(24)21-44-31-14-11-25(18-30(31)38)33(40)37-45(42,43)23(22)2/h9,11-12,14,17-18,22-23,26,29,41H,4-8,10,13,15-16,19-21H2,1-3H3,(H,36,39)(H,37,40)/t22-,23?,26-,29+,34+/m0/s1. The minimum Gasteiger partial charge on any atom is -0.487 e. The molecular weight excluding hydrogens is 614 g/mol. The number of sulfonamides is 1. The highest BCUT2D eigenvalue weighted by Gasteiger charge is 2.48. The summed E-state index contributed by atoms with van der Waals surface area (Å²) in [6.07, 6.45) is 5.88. The summed E-state index contributed by atoms with van der Waals surface area (Å²) < 4.78 is 35.3. The van der Waals surface area contributed by atoms with Crippen LogP contribution >= 0.6 is 11.6 Å². The molecule has 0 saturated heterocycles. The van der Waals surface area contributed by atoms with E-state index in [-0.39, 0.29) is 35.6 Å². The first-order valence-corrected chi connectivity index (χ1v) is 18.1. The average Bonchev–Trinajstić information content (AvgIpc) is 3.01. The van der Waals surface area contributed by atoms with Crippen LogP contribution in [0.15, 0.2) is 36.4 Å². The number of rotatable bonds is 2. The third kappa shape index (κ3) is 7.60. The van der Waals surface area contributed by atoms with Crippen molar-refractivity contribution in [1.82, 2.24) is 10.0 Å². The Kier molecular flexibility index (Phi) is 10.4. The first-order valence-electron chi connectivity index (χ1n) is 16.2. The highest BCUT2D eigenvalue weighted by Crippen LogP contribution is 2.47. The van der Waals surface area contributed by atoms with Crippen LogP contribution in [0.25, 0.3) is 0 Å². The molecule has 1 unspecified atom stereocenters. The fourth-order valence-corrected chi connectivity index (χ4v) is 8.69. The Morgan fingerprint density at radius 2 is 1.91 bits per heavy atom. The lowest BCUT2D eigenvalue weighted by molar-refractivity contribution is -0.136. The number of hydrogen-bond acceptors (Lipinski definition) is 7. The molecule has 2 bridgehead atoms. The number of ether oxygens (including phenoxy) is 1. The summed E-state index contributed by atoms with van der Waals surface area (Å²) in [5, 5.41) is 14.6. The molecule has 0 radical (unpaired) electrons. The molecule has 2 aromatic rings. The first-order chi connectivity index (χ1) is 21.4. The van der Waals surface area contributed by atoms with E-state index in [9.17, 15) is 23.1 Å². The van der Waals surface area contributed by atoms with E-state index in [1.165, 1.54) is 0 Å². The highest BCUT2D eigenvalue weighted by atomic mass is 35.5. The van der Waals surface area contributed by atoms with Crippen molar-refractivity contribution in [2.45, 2.75) is 89.1 Å². The number of halogens is 1. The zero-order chi connectivity index (χ0) is 32.4. The molecule has 2 aliphatic heterocycles. The zero-order valence-electron chi connectivity index (χ0n) is 26.5. The third-order valence-electron chi connectivity index (χ3n) is 10.3. The summed E-state index contributed by atoms with van der Waals surface area (Å²) in [4.78, 5) is 28.2. The van der Waals surface area contributed by atoms with Crippen LogP contribution in [0, 0.1) is 17.8 Å². The van der Waals surface area contributed by atoms with Crippen molar-refractivity contribution in [3.8, 4) is 5.75 Å². The van der Waals surface area contributed by atoms with Gasteiger partial charge in [-0.1, -0.05) is 31.0 Å². The van der Waals surface area contributed by atoms with Gasteiger partial charge in [-0.15, -0.1) is 0 Å². The van der Waals surface area contributed by atoms with Crippen molar-refractivity contribution in [2.24, 2.45) is 17.8 Å². The topological polar surface area (TPSA) is 125 Å². The van der Waals surface area contributed by atoms with Crippen LogP contribution < -0.4 is 19.7 Å². The van der Waals surface area contributed by atoms with E-state index in [1.807, 2.05) is 25.1 Å². The normalized spacial score (nSPS) is 29.0. The number of anilines is 1. The number of fused-ring (bicyclic) bond motifs is 3. The van der Waals surface area contributed by atoms with E-state index in [0.29, 0.717) is 55.4 Å². The Morgan fingerprint density at radius 1 is 1.11 bits per heavy atom. The van der Waals surface area contributed by atoms with Gasteiger partial charge in [0, 0.05) is 30.7 Å². The number of aliphatic hydroxyl groups is 1. The van der Waals surface area contributed by atoms with Gasteiger partial charge < -0.3 is 20.1 Å². The van der Waals surface area contributed by atoms with Crippen LogP contribution in [-0.4, -0.2) is 56.3 Å². The molecule has 5 atom stereocenters. The SMILES string of the molecule is CNC(=O)C[C@]1(O)CCC[C@H](C)C(C)S(=O)(=O)NC(=O)c2ccc3c(c2)N(CCCCc2cc(Cl)ccc2CO3)C[C@@H]2CC[C@H]21. The van der Waals surface area contributed by atoms with Gasteiger partial charge in [0.05, 0.1) is 23.0 Å². The van der Waals surface area contributed by atoms with Crippen LogP contribution in [-0.2, 0) is 27.8 Å². The molecule has 0 spiro atoms. The largest absolute Gasteiger partial charge is 0.487 e. The summed E-state index contributed by atoms with van der Waals surface area (Å²) in [6.45, 7) is 5.08. The van der Waals surface area contributed by atoms with Crippen LogP contribution in [0.2, 0.25) is 5.02 Å². The van der Waals surface area contributed by atoms with Crippen molar-refractivity contribution in [3.63, 3.8) is 0 Å². The maximum atomic E-state index is 13.4. The van der Waals surface area contributed by atoms with Crippen molar-refractivity contribution in [2.75, 3.05) is 25.0 Å². The molecule has 1 fully saturated rings. The molecule has 246 valence electrons. The molecule has 9 nitrogen and oxygen atoms in total. The Balaban J connectivity index is 1.56. The van der Waals surface area contributed by atoms with E-state index >= 15 is 0 Å². The van der Waals surface area contributed by atoms with E-state index in [1.54, 1.807) is 32.2 Å². The van der Waals surface area contributed by atoms with Gasteiger partial charge in [-0.2, -0.15) is 0 Å². The molecule has 2 aromatic carbocycles. The van der Waals surface area contributed by atoms with Gasteiger partial charge >= 0.3 is 0 Å². The van der Waals surface area contributed by atoms with Gasteiger partial charge in [0.2, 0.25) is 15.9 Å². The molecule has 1 aliphatic carbocycles. The summed E-state index contributed by atoms with van der Waals surface area (Å²) in [5.74, 6) is -0.492. The summed E-state index contributed by atoms with van der Waals surface area (Å²) in [7, 11) is -2.40. The van der Waals surface area contributed by atoms with Gasteiger partial charge in [0.15, 0.2) is 0 Å². The number of nitrogens with zero attached hydrogens (tertiary/aromatic N) is 1. The van der Waals surface area contributed by atoms with Crippen molar-refractivity contribution < 1.29 is 27.9 Å². The fourth-order valence-electron chi connectivity index (χ4n) is 7.18. The van der Waals surface area contributed by atoms with Crippen LogP contribution in [0.4, 0.5) is 5.69 Å². The number of aryl methyl sites for hydroxylation is 1. The molecular formula is C34H46ClN3O6S. The molecule has 45 heavy (non-hydrogen) atoms. The monoisotopic (exact) mass is 659 g/mol. The second-order valence-electron chi connectivity index (χ2n) is 13.2. The van der Waals surface area contributed by atoms with E-state index < -0.39 is 26.8 Å². The second-order valence-corrected chi connectivity index (χ2v) is 15.7. The summed E-state index contributed by atoms with van der Waals surface area (Å²) in [5.41, 5.74) is 1.94. The summed E-state index contributed by atoms with van der Waals surface area (Å²) in [6, 6.07) is 10.9. The number of benzene rings is 2. The Morgan fingerprint density at radius 3 is 2.64 bits per heavy atom. The average molecular weight is 660 g/mol. The number of nitrogens with one attached hydrogen (secondary N) is 2. The van der Waals surface area contributed by atoms with Crippen LogP contribution in [0.3, 0.4) is 0 Å². The molecule has 2 amide bonds. The Labute approximate surface area is 272 Å². The zero-order valence-corrected chi connectivity index (χ0v) is 28.1. The molecule has 11 heteroatoms. The highest BCUT2D eigenvalue weighted by molar-refractivity contribution is 7.90. The van der Waals surface area contributed by atoms with E-state index in [4.69, 9.17) is 16.3 Å². The molecule has 0 aromatic heterocycles. The Bertz CT molecular complexity index is 1520. The second kappa shape index (κ2) is 13.9. The number of carbonyl (C=O) groups is 2. The van der Waals surface area contributed by atoms with E-state index in [0.717, 1.165) is 43.2 Å². The van der Waals surface area contributed by atoms with Gasteiger partial charge in [-0.3, -0.25) is 9.59 Å². The lowest BCUT2D eigenvalue weighted by atomic mass is 9.62. The van der Waals surface area contributed by atoms with Gasteiger partial charge in [-0.05, 0) is 111 Å². The van der Waals surface area contributed by atoms with Crippen molar-refractivity contribution in [1.29, 1.82) is 0 Å². The number of amides is 2. The maximum Gasteiger partial charge on any atom is 0.264 e. The van der Waals surface area contributed by atoms with Gasteiger partial charge in [-0.25, -0.2) is 13.1 Å². The third-order valence-corrected chi connectivity index (χ3v) is 12.5. The van der Waals surface area contributed by atoms with Crippen LogP contribution in [0.5, 0.6) is 5.75 Å². The lowest BCUT2D eigenvalue weighted by Gasteiger charge is -2.49. The molecule has 1 saturated carbocycles. The van der Waals surface area contributed by atoms with Crippen molar-refractivity contribution in [3.05, 3.63) is 58.1 Å². The molecule has 2 heterocycles. The summed E-state index contributed by atoms with van der Waals surface area (Å²) >= 11 is 6.32. The van der Waals surface area contributed by atoms with E-state index in [2.05, 4.69) is 14.9 Å². The van der Waals surface area contributed by atoms with Gasteiger partial charge in [0.1, 0.15) is 12.4 Å². The Hall–Kier alpha value is -2.82. The number of carbonyl (C=O) groups excluding carboxylic acids is 2. The molecule has 3 aliphatic rings.